The molecular formula is C11H10Cl3N2+. The molecule has 1 aromatic rings. The van der Waals surface area contributed by atoms with Gasteiger partial charge in [0.05, 0.1) is 14.8 Å². The van der Waals surface area contributed by atoms with E-state index >= 15 is 0 Å². The number of rotatable bonds is 1. The minimum atomic E-state index is 0.430. The zero-order valence-corrected chi connectivity index (χ0v) is 10.8. The molecule has 2 rings (SSSR count). The first kappa shape index (κ1) is 11.9. The Balaban J connectivity index is 2.37. The van der Waals surface area contributed by atoms with Gasteiger partial charge in [0.2, 0.25) is 0 Å². The Morgan fingerprint density at radius 3 is 2.12 bits per heavy atom. The van der Waals surface area contributed by atoms with Crippen molar-refractivity contribution in [1.82, 2.24) is 0 Å². The molecule has 2 nitrogen and oxygen atoms in total. The molecule has 84 valence electrons. The summed E-state index contributed by atoms with van der Waals surface area (Å²) in [6, 6.07) is 3.23. The maximum absolute atomic E-state index is 5.99. The fourth-order valence-corrected chi connectivity index (χ4v) is 2.53. The largest absolute Gasteiger partial charge is 0.318 e. The van der Waals surface area contributed by atoms with Crippen molar-refractivity contribution in [2.24, 2.45) is 5.11 Å². The molecule has 0 aliphatic heterocycles. The van der Waals surface area contributed by atoms with Gasteiger partial charge in [0.15, 0.2) is 5.69 Å². The van der Waals surface area contributed by atoms with Crippen LogP contribution in [0, 0.1) is 0 Å². The van der Waals surface area contributed by atoms with E-state index in [1.54, 1.807) is 12.1 Å². The second-order valence-corrected chi connectivity index (χ2v) is 4.94. The Bertz CT molecular complexity index is 445. The molecule has 0 amide bonds. The van der Waals surface area contributed by atoms with Gasteiger partial charge < -0.3 is 0 Å². The van der Waals surface area contributed by atoms with Gasteiger partial charge in [-0.25, -0.2) is 0 Å². The van der Waals surface area contributed by atoms with Crippen molar-refractivity contribution in [3.8, 4) is 0 Å². The van der Waals surface area contributed by atoms with E-state index in [1.165, 1.54) is 12.8 Å². The number of hydrogen-bond donors (Lipinski definition) is 0. The van der Waals surface area contributed by atoms with E-state index in [0.29, 0.717) is 20.8 Å². The average molecular weight is 277 g/mol. The Morgan fingerprint density at radius 1 is 1.00 bits per heavy atom. The summed E-state index contributed by atoms with van der Waals surface area (Å²) in [5, 5.41) is 5.46. The molecule has 1 aromatic carbocycles. The van der Waals surface area contributed by atoms with Crippen molar-refractivity contribution in [3.05, 3.63) is 27.2 Å². The summed E-state index contributed by atoms with van der Waals surface area (Å²) >= 11 is 17.8. The van der Waals surface area contributed by atoms with Crippen molar-refractivity contribution in [2.45, 2.75) is 25.7 Å². The lowest BCUT2D eigenvalue weighted by atomic mass is 10.3. The number of nitrogens with zero attached hydrogens (tertiary/aromatic N) is 2. The third-order valence-corrected chi connectivity index (χ3v) is 3.25. The Morgan fingerprint density at radius 2 is 1.56 bits per heavy atom. The van der Waals surface area contributed by atoms with E-state index in [-0.39, 0.29) is 0 Å². The third-order valence-electron chi connectivity index (χ3n) is 2.45. The summed E-state index contributed by atoms with van der Waals surface area (Å²) in [7, 11) is 0. The summed E-state index contributed by atoms with van der Waals surface area (Å²) in [5.41, 5.74) is 1.61. The van der Waals surface area contributed by atoms with E-state index in [1.807, 2.05) is 0 Å². The first-order chi connectivity index (χ1) is 7.66. The van der Waals surface area contributed by atoms with Crippen LogP contribution >= 0.6 is 34.8 Å². The lowest BCUT2D eigenvalue weighted by Gasteiger charge is -1.95. The van der Waals surface area contributed by atoms with E-state index in [4.69, 9.17) is 34.8 Å². The molecule has 0 spiro atoms. The minimum Gasteiger partial charge on any atom is -0.0842 e. The van der Waals surface area contributed by atoms with Crippen LogP contribution in [0.2, 0.25) is 15.1 Å². The van der Waals surface area contributed by atoms with Gasteiger partial charge in [0, 0.05) is 17.9 Å². The normalized spacial score (nSPS) is 15.1. The zero-order chi connectivity index (χ0) is 11.5. The highest BCUT2D eigenvalue weighted by Crippen LogP contribution is 2.35. The van der Waals surface area contributed by atoms with E-state index < -0.39 is 0 Å². The molecular weight excluding hydrogens is 266 g/mol. The Kier molecular flexibility index (Phi) is 3.88. The molecule has 0 unspecified atom stereocenters. The van der Waals surface area contributed by atoms with E-state index in [2.05, 4.69) is 9.90 Å². The standard InChI is InChI=1S/C11H10Cl3N2/c12-7-5-9(13)11(10(14)6-7)16-15-8-3-1-2-4-8/h5-6H,1-4H2/q+1. The highest BCUT2D eigenvalue weighted by atomic mass is 35.5. The molecule has 0 saturated heterocycles. The van der Waals surface area contributed by atoms with Crippen molar-refractivity contribution >= 4 is 46.2 Å². The van der Waals surface area contributed by atoms with Gasteiger partial charge in [0.25, 0.3) is 0 Å². The van der Waals surface area contributed by atoms with E-state index in [0.717, 1.165) is 18.6 Å². The molecule has 0 N–H and O–H groups in total. The molecule has 1 aliphatic carbocycles. The average Bonchev–Trinajstić information content (AvgIpc) is 2.68. The Hall–Kier alpha value is -0.530. The maximum atomic E-state index is 5.99. The van der Waals surface area contributed by atoms with Crippen molar-refractivity contribution in [2.75, 3.05) is 0 Å². The summed E-state index contributed by atoms with van der Waals surface area (Å²) in [4.78, 5) is 4.17. The van der Waals surface area contributed by atoms with Gasteiger partial charge in [-0.3, -0.25) is 0 Å². The molecule has 5 heteroatoms. The molecule has 1 saturated carbocycles. The summed E-state index contributed by atoms with van der Waals surface area (Å²) < 4.78 is 0. The van der Waals surface area contributed by atoms with E-state index in [9.17, 15) is 0 Å². The van der Waals surface area contributed by atoms with Crippen LogP contribution in [-0.4, -0.2) is 10.5 Å². The first-order valence-corrected chi connectivity index (χ1v) is 6.21. The van der Waals surface area contributed by atoms with Gasteiger partial charge in [-0.1, -0.05) is 34.8 Å². The first-order valence-electron chi connectivity index (χ1n) is 5.08. The van der Waals surface area contributed by atoms with Crippen molar-refractivity contribution < 1.29 is 4.79 Å². The van der Waals surface area contributed by atoms with Gasteiger partial charge in [0.1, 0.15) is 5.11 Å². The fourth-order valence-electron chi connectivity index (χ4n) is 1.63. The van der Waals surface area contributed by atoms with Crippen LogP contribution in [-0.2, 0) is 0 Å². The minimum absolute atomic E-state index is 0.430. The SMILES string of the molecule is Clc1cc(Cl)c(N=[N+]=C2CCCC2)c(Cl)c1. The number of hydrogen-bond acceptors (Lipinski definition) is 1. The molecule has 0 heterocycles. The van der Waals surface area contributed by atoms with Crippen LogP contribution in [0.15, 0.2) is 17.2 Å². The van der Waals surface area contributed by atoms with Gasteiger partial charge in [-0.2, -0.15) is 0 Å². The Labute approximate surface area is 109 Å². The van der Waals surface area contributed by atoms with Crippen molar-refractivity contribution in [3.63, 3.8) is 0 Å². The van der Waals surface area contributed by atoms with Crippen molar-refractivity contribution in [1.29, 1.82) is 0 Å². The smallest absolute Gasteiger partial charge is 0.0842 e. The van der Waals surface area contributed by atoms with Gasteiger partial charge in [-0.05, 0) is 25.0 Å². The lowest BCUT2D eigenvalue weighted by Crippen LogP contribution is -1.89. The van der Waals surface area contributed by atoms with Gasteiger partial charge >= 0.3 is 5.71 Å². The van der Waals surface area contributed by atoms with Crippen LogP contribution in [0.4, 0.5) is 5.69 Å². The molecule has 1 fully saturated rings. The van der Waals surface area contributed by atoms with Crippen LogP contribution in [0.5, 0.6) is 0 Å². The topological polar surface area (TPSA) is 26.5 Å². The predicted octanol–water partition coefficient (Wildman–Crippen LogP) is 4.95. The summed E-state index contributed by atoms with van der Waals surface area (Å²) in [5.74, 6) is 0. The van der Waals surface area contributed by atoms with Gasteiger partial charge in [-0.15, -0.1) is 0 Å². The molecule has 1 aliphatic rings. The third kappa shape index (κ3) is 2.78. The maximum Gasteiger partial charge on any atom is 0.318 e. The highest BCUT2D eigenvalue weighted by Gasteiger charge is 2.18. The van der Waals surface area contributed by atoms with Crippen LogP contribution in [0.1, 0.15) is 25.7 Å². The molecule has 0 aromatic heterocycles. The molecule has 0 radical (unpaired) electrons. The molecule has 0 atom stereocenters. The zero-order valence-electron chi connectivity index (χ0n) is 8.51. The van der Waals surface area contributed by atoms with Crippen LogP contribution in [0.25, 0.3) is 0 Å². The second-order valence-electron chi connectivity index (χ2n) is 3.69. The predicted molar refractivity (Wildman–Crippen MR) is 67.3 cm³/mol. The number of halogens is 3. The quantitative estimate of drug-likeness (QED) is 0.512. The molecule has 16 heavy (non-hydrogen) atoms. The van der Waals surface area contributed by atoms with Crippen LogP contribution < -0.4 is 0 Å². The summed E-state index contributed by atoms with van der Waals surface area (Å²) in [6.45, 7) is 0. The number of benzene rings is 1. The second kappa shape index (κ2) is 5.20. The summed E-state index contributed by atoms with van der Waals surface area (Å²) in [6.07, 6.45) is 4.42. The highest BCUT2D eigenvalue weighted by molar-refractivity contribution is 6.41. The van der Waals surface area contributed by atoms with Crippen LogP contribution in [0.3, 0.4) is 0 Å². The molecule has 0 bridgehead atoms. The fraction of sp³-hybridized carbons (Fsp3) is 0.364. The monoisotopic (exact) mass is 275 g/mol. The lowest BCUT2D eigenvalue weighted by molar-refractivity contribution is -0.0808.